The topological polar surface area (TPSA) is 23.6 Å². The molecule has 5 heteroatoms. The van der Waals surface area contributed by atoms with Gasteiger partial charge in [-0.15, -0.1) is 0 Å². The Kier molecular flexibility index (Phi) is 5.43. The number of carbonyl (C=O) groups is 1. The van der Waals surface area contributed by atoms with Gasteiger partial charge < -0.3 is 9.80 Å². The lowest BCUT2D eigenvalue weighted by Crippen LogP contribution is -2.35. The van der Waals surface area contributed by atoms with Crippen molar-refractivity contribution in [1.82, 2.24) is 4.90 Å². The second-order valence-corrected chi connectivity index (χ2v) is 6.93. The van der Waals surface area contributed by atoms with E-state index < -0.39 is 0 Å². The zero-order chi connectivity index (χ0) is 14.5. The Hall–Kier alpha value is -1.07. The molecule has 0 saturated carbocycles. The number of anilines is 1. The van der Waals surface area contributed by atoms with E-state index in [1.165, 1.54) is 24.6 Å². The van der Waals surface area contributed by atoms with Crippen molar-refractivity contribution in [2.45, 2.75) is 25.0 Å². The van der Waals surface area contributed by atoms with Crippen LogP contribution < -0.4 is 4.90 Å². The first-order valence-electron chi connectivity index (χ1n) is 6.88. The Bertz CT molecular complexity index is 472. The van der Waals surface area contributed by atoms with Crippen LogP contribution in [0.2, 0.25) is 0 Å². The summed E-state index contributed by atoms with van der Waals surface area (Å²) in [6.45, 7) is 3.98. The molecule has 2 rings (SSSR count). The first-order valence-corrected chi connectivity index (χ1v) is 8.16. The molecule has 1 aliphatic heterocycles. The zero-order valence-corrected chi connectivity index (χ0v) is 13.5. The maximum Gasteiger partial charge on any atom is 0.240 e. The molecule has 0 radical (unpaired) electrons. The molecule has 0 spiro atoms. The molecule has 108 valence electrons. The van der Waals surface area contributed by atoms with Crippen molar-refractivity contribution in [3.05, 3.63) is 30.3 Å². The average molecular weight is 308 g/mol. The molecule has 0 aliphatic carbocycles. The van der Waals surface area contributed by atoms with Gasteiger partial charge in [-0.2, -0.15) is 0 Å². The van der Waals surface area contributed by atoms with Crippen molar-refractivity contribution in [2.24, 2.45) is 0 Å². The third-order valence-corrected chi connectivity index (χ3v) is 5.03. The number of nitrogens with zero attached hydrogens (tertiary/aromatic N) is 2. The lowest BCUT2D eigenvalue weighted by Gasteiger charge is -2.24. The van der Waals surface area contributed by atoms with Gasteiger partial charge in [0.2, 0.25) is 5.91 Å². The highest BCUT2D eigenvalue weighted by atomic mass is 32.2. The summed E-state index contributed by atoms with van der Waals surface area (Å²) in [5.74, 6) is 0.0859. The van der Waals surface area contributed by atoms with Crippen molar-refractivity contribution in [3.63, 3.8) is 0 Å². The number of para-hydroxylation sites is 1. The number of rotatable bonds is 3. The summed E-state index contributed by atoms with van der Waals surface area (Å²) in [4.78, 5) is 16.3. The predicted molar refractivity (Wildman–Crippen MR) is 90.3 cm³/mol. The van der Waals surface area contributed by atoms with Crippen molar-refractivity contribution in [2.75, 3.05) is 25.0 Å². The minimum absolute atomic E-state index is 0.0859. The summed E-state index contributed by atoms with van der Waals surface area (Å²) in [5.41, 5.74) is 0.914. The van der Waals surface area contributed by atoms with Crippen LogP contribution in [0.25, 0.3) is 0 Å². The van der Waals surface area contributed by atoms with E-state index in [-0.39, 0.29) is 11.2 Å². The molecule has 1 aliphatic rings. The van der Waals surface area contributed by atoms with E-state index in [0.29, 0.717) is 0 Å². The molecule has 1 fully saturated rings. The first-order chi connectivity index (χ1) is 9.59. The van der Waals surface area contributed by atoms with E-state index in [4.69, 9.17) is 12.2 Å². The Morgan fingerprint density at radius 3 is 2.50 bits per heavy atom. The lowest BCUT2D eigenvalue weighted by molar-refractivity contribution is -0.117. The first kappa shape index (κ1) is 15.3. The highest BCUT2D eigenvalue weighted by Crippen LogP contribution is 2.23. The number of thiocarbonyl (C=S) groups is 1. The Labute approximate surface area is 130 Å². The molecule has 1 heterocycles. The van der Waals surface area contributed by atoms with E-state index in [0.717, 1.165) is 23.1 Å². The van der Waals surface area contributed by atoms with Crippen LogP contribution in [0.5, 0.6) is 0 Å². The highest BCUT2D eigenvalue weighted by molar-refractivity contribution is 8.23. The molecule has 1 aromatic carbocycles. The van der Waals surface area contributed by atoms with E-state index >= 15 is 0 Å². The number of thioether (sulfide) groups is 1. The molecule has 20 heavy (non-hydrogen) atoms. The van der Waals surface area contributed by atoms with E-state index in [2.05, 4.69) is 4.90 Å². The monoisotopic (exact) mass is 308 g/mol. The minimum Gasteiger partial charge on any atom is -0.358 e. The van der Waals surface area contributed by atoms with Crippen LogP contribution in [0.4, 0.5) is 5.69 Å². The van der Waals surface area contributed by atoms with Gasteiger partial charge in [0.15, 0.2) is 0 Å². The molecule has 1 unspecified atom stereocenters. The summed E-state index contributed by atoms with van der Waals surface area (Å²) in [6.07, 6.45) is 2.40. The minimum atomic E-state index is -0.159. The fraction of sp³-hybridized carbons (Fsp3) is 0.467. The average Bonchev–Trinajstić information content (AvgIpc) is 3.01. The molecule has 0 N–H and O–H groups in total. The summed E-state index contributed by atoms with van der Waals surface area (Å²) < 4.78 is 0.852. The van der Waals surface area contributed by atoms with Crippen LogP contribution in [0.15, 0.2) is 30.3 Å². The van der Waals surface area contributed by atoms with Gasteiger partial charge in [-0.1, -0.05) is 42.2 Å². The Morgan fingerprint density at radius 2 is 1.90 bits per heavy atom. The van der Waals surface area contributed by atoms with Crippen molar-refractivity contribution in [3.8, 4) is 0 Å². The molecule has 1 aromatic rings. The van der Waals surface area contributed by atoms with E-state index in [1.807, 2.05) is 44.3 Å². The molecular weight excluding hydrogens is 288 g/mol. The number of amides is 1. The number of hydrogen-bond donors (Lipinski definition) is 0. The van der Waals surface area contributed by atoms with Gasteiger partial charge in [0.05, 0.1) is 5.25 Å². The summed E-state index contributed by atoms with van der Waals surface area (Å²) in [7, 11) is 1.81. The predicted octanol–water partition coefficient (Wildman–Crippen LogP) is 3.15. The second kappa shape index (κ2) is 7.09. The highest BCUT2D eigenvalue weighted by Gasteiger charge is 2.23. The lowest BCUT2D eigenvalue weighted by atomic mass is 10.3. The molecule has 1 atom stereocenters. The molecule has 3 nitrogen and oxygen atoms in total. The van der Waals surface area contributed by atoms with Crippen molar-refractivity contribution in [1.29, 1.82) is 0 Å². The van der Waals surface area contributed by atoms with Gasteiger partial charge in [-0.25, -0.2) is 0 Å². The Morgan fingerprint density at radius 1 is 1.30 bits per heavy atom. The van der Waals surface area contributed by atoms with Gasteiger partial charge in [-0.05, 0) is 31.9 Å². The SMILES string of the molecule is CC(SC(=S)N1CCCC1)C(=O)N(C)c1ccccc1. The van der Waals surface area contributed by atoms with Crippen LogP contribution in [-0.4, -0.2) is 40.5 Å². The molecular formula is C15H20N2OS2. The van der Waals surface area contributed by atoms with Crippen molar-refractivity contribution >= 4 is 39.9 Å². The second-order valence-electron chi connectivity index (χ2n) is 4.95. The summed E-state index contributed by atoms with van der Waals surface area (Å²) in [6, 6.07) is 9.70. The maximum atomic E-state index is 12.4. The summed E-state index contributed by atoms with van der Waals surface area (Å²) in [5, 5.41) is -0.159. The molecule has 1 saturated heterocycles. The van der Waals surface area contributed by atoms with E-state index in [1.54, 1.807) is 4.90 Å². The van der Waals surface area contributed by atoms with Gasteiger partial charge in [0.1, 0.15) is 4.32 Å². The fourth-order valence-corrected chi connectivity index (χ4v) is 3.74. The third-order valence-electron chi connectivity index (χ3n) is 3.46. The number of hydrogen-bond acceptors (Lipinski definition) is 3. The van der Waals surface area contributed by atoms with Crippen LogP contribution in [0, 0.1) is 0 Å². The number of likely N-dealkylation sites (tertiary alicyclic amines) is 1. The van der Waals surface area contributed by atoms with E-state index in [9.17, 15) is 4.79 Å². The normalized spacial score (nSPS) is 16.0. The van der Waals surface area contributed by atoms with Crippen LogP contribution in [0.3, 0.4) is 0 Å². The van der Waals surface area contributed by atoms with Gasteiger partial charge in [-0.3, -0.25) is 4.79 Å². The van der Waals surface area contributed by atoms with Gasteiger partial charge in [0, 0.05) is 25.8 Å². The number of benzene rings is 1. The Balaban J connectivity index is 1.93. The molecule has 1 amide bonds. The number of carbonyl (C=O) groups excluding carboxylic acids is 1. The largest absolute Gasteiger partial charge is 0.358 e. The summed E-state index contributed by atoms with van der Waals surface area (Å²) >= 11 is 6.92. The maximum absolute atomic E-state index is 12.4. The van der Waals surface area contributed by atoms with Crippen LogP contribution >= 0.6 is 24.0 Å². The molecule has 0 aromatic heterocycles. The van der Waals surface area contributed by atoms with Crippen molar-refractivity contribution < 1.29 is 4.79 Å². The van der Waals surface area contributed by atoms with Gasteiger partial charge >= 0.3 is 0 Å². The molecule has 0 bridgehead atoms. The zero-order valence-electron chi connectivity index (χ0n) is 11.9. The smallest absolute Gasteiger partial charge is 0.240 e. The third kappa shape index (κ3) is 3.73. The quantitative estimate of drug-likeness (QED) is 0.800. The van der Waals surface area contributed by atoms with Crippen LogP contribution in [0.1, 0.15) is 19.8 Å². The van der Waals surface area contributed by atoms with Gasteiger partial charge in [0.25, 0.3) is 0 Å². The standard InChI is InChI=1S/C15H20N2OS2/c1-12(20-15(19)17-10-6-7-11-17)14(18)16(2)13-8-4-3-5-9-13/h3-5,8-9,12H,6-7,10-11H2,1-2H3. The van der Waals surface area contributed by atoms with Crippen LogP contribution in [-0.2, 0) is 4.79 Å². The fourth-order valence-electron chi connectivity index (χ4n) is 2.23.